The molecule has 1 aliphatic heterocycles. The fraction of sp³-hybridized carbons (Fsp3) is 0.238. The summed E-state index contributed by atoms with van der Waals surface area (Å²) in [4.78, 5) is 23.7. The van der Waals surface area contributed by atoms with Crippen LogP contribution in [0.1, 0.15) is 0 Å². The Morgan fingerprint density at radius 1 is 0.939 bits per heavy atom. The Balaban J connectivity index is 0.00000306. The van der Waals surface area contributed by atoms with Crippen molar-refractivity contribution in [1.82, 2.24) is 0 Å². The Morgan fingerprint density at radius 3 is 2.24 bits per heavy atom. The van der Waals surface area contributed by atoms with Gasteiger partial charge in [0.2, 0.25) is 6.29 Å². The van der Waals surface area contributed by atoms with Gasteiger partial charge in [0.1, 0.15) is 52.3 Å². The maximum atomic E-state index is 12.5. The topological polar surface area (TPSA) is 219 Å². The van der Waals surface area contributed by atoms with E-state index in [0.717, 1.165) is 12.1 Å². The highest BCUT2D eigenvalue weighted by Gasteiger charge is 2.48. The van der Waals surface area contributed by atoms with Gasteiger partial charge in [-0.1, -0.05) is 0 Å². The first-order valence-corrected chi connectivity index (χ1v) is 9.35. The van der Waals surface area contributed by atoms with Gasteiger partial charge in [-0.15, -0.1) is 0 Å². The molecule has 33 heavy (non-hydrogen) atoms. The lowest BCUT2D eigenvalue weighted by atomic mass is 9.99. The highest BCUT2D eigenvalue weighted by molar-refractivity contribution is 5.86. The maximum absolute atomic E-state index is 12.5. The highest BCUT2D eigenvalue weighted by Crippen LogP contribution is 2.33. The molecule has 2 aromatic carbocycles. The summed E-state index contributed by atoms with van der Waals surface area (Å²) < 4.78 is 16.1. The van der Waals surface area contributed by atoms with Gasteiger partial charge in [-0.05, 0) is 24.3 Å². The molecule has 1 fully saturated rings. The van der Waals surface area contributed by atoms with Gasteiger partial charge in [0.25, 0.3) is 0 Å². The second-order valence-corrected chi connectivity index (χ2v) is 7.19. The van der Waals surface area contributed by atoms with Crippen LogP contribution < -0.4 is 10.2 Å². The van der Waals surface area contributed by atoms with Crippen molar-refractivity contribution < 1.29 is 54.8 Å². The van der Waals surface area contributed by atoms with Crippen molar-refractivity contribution in [2.24, 2.45) is 0 Å². The van der Waals surface area contributed by atoms with Gasteiger partial charge in [0.05, 0.1) is 0 Å². The van der Waals surface area contributed by atoms with Gasteiger partial charge in [-0.25, -0.2) is 4.79 Å². The number of carbonyl (C=O) groups is 1. The van der Waals surface area contributed by atoms with Crippen molar-refractivity contribution in [3.8, 4) is 28.6 Å². The van der Waals surface area contributed by atoms with E-state index >= 15 is 0 Å². The van der Waals surface area contributed by atoms with Crippen LogP contribution >= 0.6 is 0 Å². The molecule has 12 nitrogen and oxygen atoms in total. The normalized spacial score (nSPS) is 24.8. The van der Waals surface area contributed by atoms with Gasteiger partial charge in [-0.2, -0.15) is 0 Å². The van der Waals surface area contributed by atoms with E-state index in [0.29, 0.717) is 5.56 Å². The van der Waals surface area contributed by atoms with E-state index in [9.17, 15) is 35.1 Å². The lowest BCUT2D eigenvalue weighted by Crippen LogP contribution is -2.61. The number of carboxylic acid groups (broad SMARTS) is 1. The number of hydrogen-bond donors (Lipinski definition) is 6. The number of aliphatic carboxylic acids is 1. The molecule has 0 radical (unpaired) electrons. The second kappa shape index (κ2) is 9.05. The molecular formula is C21H20O12. The fourth-order valence-corrected chi connectivity index (χ4v) is 3.36. The van der Waals surface area contributed by atoms with E-state index in [1.54, 1.807) is 0 Å². The Morgan fingerprint density at radius 2 is 1.61 bits per heavy atom. The Hall–Kier alpha value is -3.68. The second-order valence-electron chi connectivity index (χ2n) is 7.19. The van der Waals surface area contributed by atoms with Crippen molar-refractivity contribution >= 4 is 16.9 Å². The molecule has 0 unspecified atom stereocenters. The SMILES string of the molecule is O.O=C(O)[C@H]1O[C@@H](Oc2cc(O)c3c(=O)cc(-c4ccc(O)cc4)oc3c2)[C@H](O)[C@@H](O)[C@@H]1O. The van der Waals surface area contributed by atoms with Crippen molar-refractivity contribution in [2.75, 3.05) is 0 Å². The number of aliphatic hydroxyl groups is 3. The average Bonchev–Trinajstić information content (AvgIpc) is 2.73. The minimum atomic E-state index is -1.89. The van der Waals surface area contributed by atoms with Crippen molar-refractivity contribution in [2.45, 2.75) is 30.7 Å². The molecule has 1 aromatic heterocycles. The molecule has 3 aromatic rings. The summed E-state index contributed by atoms with van der Waals surface area (Å²) in [6.45, 7) is 0. The van der Waals surface area contributed by atoms with E-state index in [2.05, 4.69) is 0 Å². The van der Waals surface area contributed by atoms with Gasteiger partial charge < -0.3 is 50.0 Å². The van der Waals surface area contributed by atoms with Crippen LogP contribution in [-0.2, 0) is 9.53 Å². The molecule has 4 rings (SSSR count). The molecule has 2 heterocycles. The predicted molar refractivity (Wildman–Crippen MR) is 110 cm³/mol. The van der Waals surface area contributed by atoms with Crippen LogP contribution in [0.5, 0.6) is 17.2 Å². The van der Waals surface area contributed by atoms with Crippen LogP contribution in [0.2, 0.25) is 0 Å². The summed E-state index contributed by atoms with van der Waals surface area (Å²) in [6.07, 6.45) is -9.15. The average molecular weight is 464 g/mol. The first-order chi connectivity index (χ1) is 15.2. The number of phenols is 2. The summed E-state index contributed by atoms with van der Waals surface area (Å²) in [7, 11) is 0. The lowest BCUT2D eigenvalue weighted by Gasteiger charge is -2.38. The van der Waals surface area contributed by atoms with E-state index in [-0.39, 0.29) is 33.7 Å². The number of aromatic hydroxyl groups is 2. The van der Waals surface area contributed by atoms with Crippen LogP contribution in [0.15, 0.2) is 51.7 Å². The zero-order valence-corrected chi connectivity index (χ0v) is 16.7. The highest BCUT2D eigenvalue weighted by atomic mass is 16.7. The first-order valence-electron chi connectivity index (χ1n) is 9.35. The molecule has 12 heteroatoms. The molecule has 0 spiro atoms. The molecule has 0 amide bonds. The molecule has 0 saturated carbocycles. The zero-order chi connectivity index (χ0) is 23.2. The van der Waals surface area contributed by atoms with E-state index in [1.807, 2.05) is 0 Å². The molecule has 0 aliphatic carbocycles. The van der Waals surface area contributed by atoms with E-state index < -0.39 is 47.9 Å². The molecule has 5 atom stereocenters. The summed E-state index contributed by atoms with van der Waals surface area (Å²) >= 11 is 0. The minimum Gasteiger partial charge on any atom is -0.508 e. The minimum absolute atomic E-state index is 0. The number of benzene rings is 2. The third-order valence-corrected chi connectivity index (χ3v) is 5.00. The number of aliphatic hydroxyl groups excluding tert-OH is 3. The van der Waals surface area contributed by atoms with Crippen LogP contribution in [-0.4, -0.2) is 72.8 Å². The molecule has 176 valence electrons. The maximum Gasteiger partial charge on any atom is 0.335 e. The number of rotatable bonds is 4. The number of carboxylic acids is 1. The monoisotopic (exact) mass is 464 g/mol. The Kier molecular flexibility index (Phi) is 6.58. The number of ether oxygens (including phenoxy) is 2. The number of phenolic OH excluding ortho intramolecular Hbond substituents is 2. The van der Waals surface area contributed by atoms with E-state index in [1.165, 1.54) is 30.3 Å². The molecule has 8 N–H and O–H groups in total. The van der Waals surface area contributed by atoms with Crippen LogP contribution in [0.4, 0.5) is 0 Å². The third kappa shape index (κ3) is 4.46. The van der Waals surface area contributed by atoms with Gasteiger partial charge >= 0.3 is 5.97 Å². The standard InChI is InChI=1S/C21H18O11.H2O/c22-9-3-1-8(2-4-9)13-7-12(24)15-11(23)5-10(6-14(15)31-13)30-21-18(27)16(25)17(26)19(32-21)20(28)29;/h1-7,16-19,21-23,25-27H,(H,28,29);1H2/t16-,17-,18+,19-,21+;/m0./s1. The quantitative estimate of drug-likeness (QED) is 0.284. The van der Waals surface area contributed by atoms with Crippen LogP contribution in [0.25, 0.3) is 22.3 Å². The summed E-state index contributed by atoms with van der Waals surface area (Å²) in [6, 6.07) is 9.24. The Bertz CT molecular complexity index is 1220. The van der Waals surface area contributed by atoms with Gasteiger partial charge in [0, 0.05) is 23.8 Å². The number of hydrogen-bond acceptors (Lipinski definition) is 10. The smallest absolute Gasteiger partial charge is 0.335 e. The van der Waals surface area contributed by atoms with Crippen molar-refractivity contribution in [3.63, 3.8) is 0 Å². The third-order valence-electron chi connectivity index (χ3n) is 5.00. The summed E-state index contributed by atoms with van der Waals surface area (Å²) in [5.41, 5.74) is -0.173. The van der Waals surface area contributed by atoms with Gasteiger partial charge in [-0.3, -0.25) is 4.79 Å². The summed E-state index contributed by atoms with van der Waals surface area (Å²) in [5.74, 6) is -2.11. The largest absolute Gasteiger partial charge is 0.508 e. The van der Waals surface area contributed by atoms with Crippen molar-refractivity contribution in [1.29, 1.82) is 0 Å². The number of fused-ring (bicyclic) bond motifs is 1. The summed E-state index contributed by atoms with van der Waals surface area (Å²) in [5, 5.41) is 58.5. The lowest BCUT2D eigenvalue weighted by molar-refractivity contribution is -0.271. The van der Waals surface area contributed by atoms with Crippen LogP contribution in [0, 0.1) is 0 Å². The van der Waals surface area contributed by atoms with E-state index in [4.69, 9.17) is 19.0 Å². The molecular weight excluding hydrogens is 444 g/mol. The molecule has 0 bridgehead atoms. The molecule has 1 saturated heterocycles. The predicted octanol–water partition coefficient (Wildman–Crippen LogP) is -0.683. The molecule has 1 aliphatic rings. The van der Waals surface area contributed by atoms with Gasteiger partial charge in [0.15, 0.2) is 11.5 Å². The Labute approximate surface area is 184 Å². The first kappa shape index (κ1) is 24.0. The van der Waals surface area contributed by atoms with Crippen molar-refractivity contribution in [3.05, 3.63) is 52.7 Å². The fourth-order valence-electron chi connectivity index (χ4n) is 3.36. The zero-order valence-electron chi connectivity index (χ0n) is 16.7. The van der Waals surface area contributed by atoms with Crippen LogP contribution in [0.3, 0.4) is 0 Å².